The highest BCUT2D eigenvalue weighted by Gasteiger charge is 2.29. The maximum absolute atomic E-state index is 9.77. The summed E-state index contributed by atoms with van der Waals surface area (Å²) < 4.78 is 0. The fraction of sp³-hybridized carbons (Fsp3) is 1.00. The van der Waals surface area contributed by atoms with Crippen LogP contribution in [0.2, 0.25) is 0 Å². The van der Waals surface area contributed by atoms with E-state index in [1.165, 1.54) is 38.5 Å². The van der Waals surface area contributed by atoms with Crippen molar-refractivity contribution in [3.05, 3.63) is 0 Å². The maximum atomic E-state index is 9.77. The molecule has 88 valence electrons. The Morgan fingerprint density at radius 2 is 1.93 bits per heavy atom. The Morgan fingerprint density at radius 1 is 1.13 bits per heavy atom. The molecule has 2 rings (SSSR count). The Morgan fingerprint density at radius 3 is 2.60 bits per heavy atom. The van der Waals surface area contributed by atoms with Crippen LogP contribution in [0.5, 0.6) is 0 Å². The number of aliphatic hydroxyl groups is 1. The summed E-state index contributed by atoms with van der Waals surface area (Å²) in [7, 11) is 0. The minimum absolute atomic E-state index is 0.0837. The smallest absolute Gasteiger partial charge is 0.0693 e. The Hall–Kier alpha value is 0.270. The van der Waals surface area contributed by atoms with Gasteiger partial charge in [-0.1, -0.05) is 6.42 Å². The van der Waals surface area contributed by atoms with Gasteiger partial charge in [-0.2, -0.15) is 11.8 Å². The molecule has 2 unspecified atom stereocenters. The number of nitrogens with one attached hydrogen (secondary N) is 1. The Bertz CT molecular complexity index is 200. The minimum atomic E-state index is -0.0837. The standard InChI is InChI=1S/C12H23NOS/c1-15-10-5-2-4-9(8-10)13-11-6-3-7-12(11)14/h9-14H,2-8H2,1H3/t9?,10?,11-,12-/m1/s1. The molecule has 3 heteroatoms. The van der Waals surface area contributed by atoms with E-state index in [1.54, 1.807) is 0 Å². The monoisotopic (exact) mass is 229 g/mol. The van der Waals surface area contributed by atoms with E-state index in [4.69, 9.17) is 0 Å². The third-order valence-electron chi connectivity index (χ3n) is 3.89. The lowest BCUT2D eigenvalue weighted by Gasteiger charge is -2.31. The van der Waals surface area contributed by atoms with E-state index in [0.717, 1.165) is 11.7 Å². The molecular formula is C12H23NOS. The molecule has 2 fully saturated rings. The number of hydrogen-bond donors (Lipinski definition) is 2. The van der Waals surface area contributed by atoms with Crippen molar-refractivity contribution in [3.63, 3.8) is 0 Å². The summed E-state index contributed by atoms with van der Waals surface area (Å²) in [5.74, 6) is 0. The largest absolute Gasteiger partial charge is 0.392 e. The van der Waals surface area contributed by atoms with Gasteiger partial charge in [-0.05, 0) is 44.8 Å². The number of rotatable bonds is 3. The molecule has 2 nitrogen and oxygen atoms in total. The molecule has 0 aromatic rings. The maximum Gasteiger partial charge on any atom is 0.0693 e. The van der Waals surface area contributed by atoms with Gasteiger partial charge in [0.2, 0.25) is 0 Å². The molecule has 2 saturated carbocycles. The van der Waals surface area contributed by atoms with Gasteiger partial charge in [-0.25, -0.2) is 0 Å². The van der Waals surface area contributed by atoms with Gasteiger partial charge in [0.25, 0.3) is 0 Å². The summed E-state index contributed by atoms with van der Waals surface area (Å²) in [6.45, 7) is 0. The first kappa shape index (κ1) is 11.7. The van der Waals surface area contributed by atoms with Crippen LogP contribution >= 0.6 is 11.8 Å². The molecule has 0 heterocycles. The second-order valence-corrected chi connectivity index (χ2v) is 6.13. The Balaban J connectivity index is 1.78. The molecule has 0 aromatic heterocycles. The summed E-state index contributed by atoms with van der Waals surface area (Å²) in [5.41, 5.74) is 0. The lowest BCUT2D eigenvalue weighted by molar-refractivity contribution is 0.138. The number of aliphatic hydroxyl groups excluding tert-OH is 1. The van der Waals surface area contributed by atoms with Crippen LogP contribution in [-0.2, 0) is 0 Å². The predicted octanol–water partition coefficient (Wildman–Crippen LogP) is 2.16. The normalized spacial score (nSPS) is 42.0. The first-order valence-corrected chi connectivity index (χ1v) is 7.55. The molecule has 0 saturated heterocycles. The van der Waals surface area contributed by atoms with E-state index in [0.29, 0.717) is 12.1 Å². The highest BCUT2D eigenvalue weighted by molar-refractivity contribution is 7.99. The summed E-state index contributed by atoms with van der Waals surface area (Å²) in [6.07, 6.45) is 10.8. The van der Waals surface area contributed by atoms with Gasteiger partial charge < -0.3 is 10.4 Å². The molecule has 2 aliphatic carbocycles. The summed E-state index contributed by atoms with van der Waals surface area (Å²) in [6, 6.07) is 1.05. The number of thioether (sulfide) groups is 1. The fourth-order valence-electron chi connectivity index (χ4n) is 2.95. The topological polar surface area (TPSA) is 32.3 Å². The van der Waals surface area contributed by atoms with Crippen molar-refractivity contribution < 1.29 is 5.11 Å². The second kappa shape index (κ2) is 5.55. The van der Waals surface area contributed by atoms with E-state index < -0.39 is 0 Å². The van der Waals surface area contributed by atoms with E-state index in [1.807, 2.05) is 11.8 Å². The van der Waals surface area contributed by atoms with Crippen molar-refractivity contribution in [2.75, 3.05) is 6.26 Å². The predicted molar refractivity (Wildman–Crippen MR) is 66.3 cm³/mol. The van der Waals surface area contributed by atoms with E-state index in [-0.39, 0.29) is 6.10 Å². The fourth-order valence-corrected chi connectivity index (χ4v) is 3.78. The van der Waals surface area contributed by atoms with Crippen molar-refractivity contribution in [2.45, 2.75) is 68.4 Å². The van der Waals surface area contributed by atoms with Gasteiger partial charge in [0, 0.05) is 17.3 Å². The van der Waals surface area contributed by atoms with Crippen molar-refractivity contribution in [1.82, 2.24) is 5.32 Å². The molecule has 0 amide bonds. The van der Waals surface area contributed by atoms with Crippen molar-refractivity contribution >= 4 is 11.8 Å². The van der Waals surface area contributed by atoms with Gasteiger partial charge in [0.15, 0.2) is 0 Å². The van der Waals surface area contributed by atoms with Crippen LogP contribution in [0.25, 0.3) is 0 Å². The van der Waals surface area contributed by atoms with Crippen LogP contribution in [0, 0.1) is 0 Å². The molecule has 0 radical (unpaired) electrons. The molecule has 0 aliphatic heterocycles. The Kier molecular flexibility index (Phi) is 4.35. The third-order valence-corrected chi connectivity index (χ3v) is 4.98. The summed E-state index contributed by atoms with van der Waals surface area (Å²) >= 11 is 2.01. The first-order chi connectivity index (χ1) is 7.29. The van der Waals surface area contributed by atoms with Gasteiger partial charge in [-0.15, -0.1) is 0 Å². The molecule has 2 N–H and O–H groups in total. The zero-order valence-electron chi connectivity index (χ0n) is 9.61. The third kappa shape index (κ3) is 3.11. The molecule has 0 bridgehead atoms. The zero-order valence-corrected chi connectivity index (χ0v) is 10.4. The summed E-state index contributed by atoms with van der Waals surface area (Å²) in [4.78, 5) is 0. The van der Waals surface area contributed by atoms with Crippen molar-refractivity contribution in [2.24, 2.45) is 0 Å². The van der Waals surface area contributed by atoms with E-state index in [9.17, 15) is 5.11 Å². The lowest BCUT2D eigenvalue weighted by atomic mass is 9.94. The van der Waals surface area contributed by atoms with Crippen LogP contribution in [0.3, 0.4) is 0 Å². The van der Waals surface area contributed by atoms with Crippen LogP contribution in [0.1, 0.15) is 44.9 Å². The molecule has 0 spiro atoms. The molecular weight excluding hydrogens is 206 g/mol. The zero-order chi connectivity index (χ0) is 10.7. The number of hydrogen-bond acceptors (Lipinski definition) is 3. The average Bonchev–Trinajstić information content (AvgIpc) is 2.65. The quantitative estimate of drug-likeness (QED) is 0.778. The van der Waals surface area contributed by atoms with Gasteiger partial charge in [-0.3, -0.25) is 0 Å². The molecule has 15 heavy (non-hydrogen) atoms. The first-order valence-electron chi connectivity index (χ1n) is 6.26. The lowest BCUT2D eigenvalue weighted by Crippen LogP contribution is -2.45. The van der Waals surface area contributed by atoms with Crippen molar-refractivity contribution in [1.29, 1.82) is 0 Å². The highest BCUT2D eigenvalue weighted by atomic mass is 32.2. The van der Waals surface area contributed by atoms with Gasteiger partial charge >= 0.3 is 0 Å². The van der Waals surface area contributed by atoms with Crippen LogP contribution in [0.15, 0.2) is 0 Å². The van der Waals surface area contributed by atoms with Crippen LogP contribution in [0.4, 0.5) is 0 Å². The second-order valence-electron chi connectivity index (χ2n) is 4.99. The SMILES string of the molecule is CSC1CCCC(N[C@@H]2CCC[C@H]2O)C1. The Labute approximate surface area is 97.2 Å². The van der Waals surface area contributed by atoms with E-state index >= 15 is 0 Å². The van der Waals surface area contributed by atoms with Crippen LogP contribution < -0.4 is 5.32 Å². The minimum Gasteiger partial charge on any atom is -0.392 e. The average molecular weight is 229 g/mol. The van der Waals surface area contributed by atoms with Gasteiger partial charge in [0.05, 0.1) is 6.10 Å². The molecule has 0 aromatic carbocycles. The van der Waals surface area contributed by atoms with Gasteiger partial charge in [0.1, 0.15) is 0 Å². The summed E-state index contributed by atoms with van der Waals surface area (Å²) in [5, 5.41) is 14.3. The van der Waals surface area contributed by atoms with Crippen molar-refractivity contribution in [3.8, 4) is 0 Å². The van der Waals surface area contributed by atoms with E-state index in [2.05, 4.69) is 11.6 Å². The molecule has 4 atom stereocenters. The molecule has 2 aliphatic rings. The highest BCUT2D eigenvalue weighted by Crippen LogP contribution is 2.28. The van der Waals surface area contributed by atoms with Crippen LogP contribution in [-0.4, -0.2) is 34.8 Å².